The van der Waals surface area contributed by atoms with E-state index in [0.717, 1.165) is 25.7 Å². The molecule has 0 aromatic carbocycles. The van der Waals surface area contributed by atoms with Crippen LogP contribution in [0.4, 0.5) is 5.82 Å². The number of hydrogen-bond acceptors (Lipinski definition) is 5. The highest BCUT2D eigenvalue weighted by Crippen LogP contribution is 2.18. The average molecular weight is 225 g/mol. The summed E-state index contributed by atoms with van der Waals surface area (Å²) in [5.74, 6) is 0.127. The van der Waals surface area contributed by atoms with Gasteiger partial charge in [-0.15, -0.1) is 5.10 Å². The van der Waals surface area contributed by atoms with Crippen LogP contribution in [-0.4, -0.2) is 27.3 Å². The number of hydrogen-bond donors (Lipinski definition) is 4. The molecule has 1 saturated carbocycles. The molecule has 1 fully saturated rings. The lowest BCUT2D eigenvalue weighted by Gasteiger charge is -2.29. The first-order chi connectivity index (χ1) is 7.66. The van der Waals surface area contributed by atoms with E-state index in [-0.39, 0.29) is 17.9 Å². The Labute approximate surface area is 91.5 Å². The van der Waals surface area contributed by atoms with Crippen molar-refractivity contribution in [2.75, 3.05) is 5.32 Å². The molecule has 2 rings (SSSR count). The number of anilines is 1. The van der Waals surface area contributed by atoms with E-state index in [0.29, 0.717) is 0 Å². The molecule has 1 aliphatic carbocycles. The summed E-state index contributed by atoms with van der Waals surface area (Å²) in [4.78, 5) is 24.3. The lowest BCUT2D eigenvalue weighted by molar-refractivity contribution is 0.402. The molecule has 1 heterocycles. The SMILES string of the molecule is N[C@@H]1CCCC[C@H]1Nc1n[nH]c(=O)[nH]c1=O. The molecule has 0 amide bonds. The second kappa shape index (κ2) is 4.48. The highest BCUT2D eigenvalue weighted by Gasteiger charge is 2.22. The number of rotatable bonds is 2. The average Bonchev–Trinajstić information content (AvgIpc) is 2.25. The topological polar surface area (TPSA) is 117 Å². The maximum absolute atomic E-state index is 11.4. The molecular formula is C9H15N5O2. The van der Waals surface area contributed by atoms with E-state index in [9.17, 15) is 9.59 Å². The van der Waals surface area contributed by atoms with Crippen molar-refractivity contribution in [3.05, 3.63) is 20.8 Å². The Balaban J connectivity index is 2.14. The molecule has 1 aromatic heterocycles. The summed E-state index contributed by atoms with van der Waals surface area (Å²) >= 11 is 0. The smallest absolute Gasteiger partial charge is 0.342 e. The summed E-state index contributed by atoms with van der Waals surface area (Å²) in [6.45, 7) is 0. The first-order valence-electron chi connectivity index (χ1n) is 5.38. The molecule has 2 atom stereocenters. The summed E-state index contributed by atoms with van der Waals surface area (Å²) in [5, 5.41) is 8.82. The van der Waals surface area contributed by atoms with E-state index in [1.165, 1.54) is 0 Å². The summed E-state index contributed by atoms with van der Waals surface area (Å²) < 4.78 is 0. The quantitative estimate of drug-likeness (QED) is 0.522. The predicted octanol–water partition coefficient (Wildman–Crippen LogP) is -0.860. The zero-order chi connectivity index (χ0) is 11.5. The van der Waals surface area contributed by atoms with Crippen LogP contribution in [0.3, 0.4) is 0 Å². The first-order valence-corrected chi connectivity index (χ1v) is 5.38. The summed E-state index contributed by atoms with van der Waals surface area (Å²) in [6, 6.07) is 0.0788. The Morgan fingerprint density at radius 3 is 2.75 bits per heavy atom. The van der Waals surface area contributed by atoms with Gasteiger partial charge in [0.1, 0.15) is 0 Å². The minimum atomic E-state index is -0.608. The Hall–Kier alpha value is -1.63. The Bertz CT molecular complexity index is 465. The first kappa shape index (κ1) is 10.9. The minimum Gasteiger partial charge on any atom is -0.360 e. The van der Waals surface area contributed by atoms with Gasteiger partial charge in [-0.25, -0.2) is 9.89 Å². The van der Waals surface area contributed by atoms with Crippen molar-refractivity contribution in [1.82, 2.24) is 15.2 Å². The van der Waals surface area contributed by atoms with Gasteiger partial charge >= 0.3 is 5.69 Å². The molecule has 1 aliphatic rings. The molecule has 0 saturated heterocycles. The van der Waals surface area contributed by atoms with Crippen LogP contribution in [0.2, 0.25) is 0 Å². The predicted molar refractivity (Wildman–Crippen MR) is 59.3 cm³/mol. The molecule has 0 radical (unpaired) electrons. The fraction of sp³-hybridized carbons (Fsp3) is 0.667. The maximum Gasteiger partial charge on any atom is 0.342 e. The van der Waals surface area contributed by atoms with E-state index < -0.39 is 11.2 Å². The monoisotopic (exact) mass is 225 g/mol. The molecular weight excluding hydrogens is 210 g/mol. The number of aromatic amines is 2. The van der Waals surface area contributed by atoms with Crippen molar-refractivity contribution in [2.45, 2.75) is 37.8 Å². The molecule has 0 aliphatic heterocycles. The van der Waals surface area contributed by atoms with Crippen molar-refractivity contribution in [3.63, 3.8) is 0 Å². The van der Waals surface area contributed by atoms with Crippen LogP contribution >= 0.6 is 0 Å². The second-order valence-electron chi connectivity index (χ2n) is 4.05. The molecule has 0 spiro atoms. The highest BCUT2D eigenvalue weighted by molar-refractivity contribution is 5.31. The van der Waals surface area contributed by atoms with E-state index in [4.69, 9.17) is 5.73 Å². The fourth-order valence-corrected chi connectivity index (χ4v) is 1.96. The van der Waals surface area contributed by atoms with Crippen LogP contribution in [0.1, 0.15) is 25.7 Å². The number of nitrogens with zero attached hydrogens (tertiary/aromatic N) is 1. The summed E-state index contributed by atoms with van der Waals surface area (Å²) in [7, 11) is 0. The van der Waals surface area contributed by atoms with Gasteiger partial charge in [-0.05, 0) is 12.8 Å². The lowest BCUT2D eigenvalue weighted by atomic mass is 9.91. The Kier molecular flexibility index (Phi) is 3.04. The Morgan fingerprint density at radius 2 is 2.06 bits per heavy atom. The van der Waals surface area contributed by atoms with E-state index in [1.54, 1.807) is 0 Å². The van der Waals surface area contributed by atoms with Gasteiger partial charge in [-0.2, -0.15) is 0 Å². The second-order valence-corrected chi connectivity index (χ2v) is 4.05. The van der Waals surface area contributed by atoms with E-state index >= 15 is 0 Å². The third-order valence-electron chi connectivity index (χ3n) is 2.85. The lowest BCUT2D eigenvalue weighted by Crippen LogP contribution is -2.44. The number of nitrogens with two attached hydrogens (primary N) is 1. The minimum absolute atomic E-state index is 0.0295. The molecule has 7 heteroatoms. The van der Waals surface area contributed by atoms with Gasteiger partial charge < -0.3 is 11.1 Å². The normalized spacial score (nSPS) is 25.3. The fourth-order valence-electron chi connectivity index (χ4n) is 1.96. The van der Waals surface area contributed by atoms with Gasteiger partial charge in [0, 0.05) is 12.1 Å². The van der Waals surface area contributed by atoms with Gasteiger partial charge in [0.05, 0.1) is 0 Å². The van der Waals surface area contributed by atoms with Crippen molar-refractivity contribution < 1.29 is 0 Å². The zero-order valence-corrected chi connectivity index (χ0v) is 8.82. The van der Waals surface area contributed by atoms with Crippen molar-refractivity contribution in [2.24, 2.45) is 5.73 Å². The van der Waals surface area contributed by atoms with Gasteiger partial charge in [0.2, 0.25) is 5.82 Å². The van der Waals surface area contributed by atoms with Crippen LogP contribution in [0.25, 0.3) is 0 Å². The Morgan fingerprint density at radius 1 is 1.31 bits per heavy atom. The van der Waals surface area contributed by atoms with Gasteiger partial charge in [-0.1, -0.05) is 12.8 Å². The third kappa shape index (κ3) is 2.30. The third-order valence-corrected chi connectivity index (χ3v) is 2.85. The van der Waals surface area contributed by atoms with Gasteiger partial charge in [-0.3, -0.25) is 9.78 Å². The van der Waals surface area contributed by atoms with Gasteiger partial charge in [0.15, 0.2) is 0 Å². The molecule has 88 valence electrons. The van der Waals surface area contributed by atoms with E-state index in [1.807, 2.05) is 0 Å². The summed E-state index contributed by atoms with van der Waals surface area (Å²) in [5.41, 5.74) is 4.81. The standard InChI is InChI=1S/C9H15N5O2/c10-5-3-1-2-4-6(5)11-7-8(15)12-9(16)14-13-7/h5-6H,1-4,10H2,(H,11,13)(H2,12,14,15,16)/t5-,6-/m1/s1. The molecule has 0 bridgehead atoms. The van der Waals surface area contributed by atoms with Gasteiger partial charge in [0.25, 0.3) is 5.56 Å². The highest BCUT2D eigenvalue weighted by atomic mass is 16.2. The van der Waals surface area contributed by atoms with Crippen LogP contribution in [-0.2, 0) is 0 Å². The van der Waals surface area contributed by atoms with Crippen molar-refractivity contribution in [3.8, 4) is 0 Å². The largest absolute Gasteiger partial charge is 0.360 e. The van der Waals surface area contributed by atoms with Crippen LogP contribution < -0.4 is 22.3 Å². The molecule has 16 heavy (non-hydrogen) atoms. The van der Waals surface area contributed by atoms with E-state index in [2.05, 4.69) is 20.5 Å². The molecule has 5 N–H and O–H groups in total. The zero-order valence-electron chi connectivity index (χ0n) is 8.82. The maximum atomic E-state index is 11.4. The number of aromatic nitrogens is 3. The van der Waals surface area contributed by atoms with Crippen LogP contribution in [0.15, 0.2) is 9.59 Å². The molecule has 1 aromatic rings. The van der Waals surface area contributed by atoms with Crippen molar-refractivity contribution in [1.29, 1.82) is 0 Å². The molecule has 0 unspecified atom stereocenters. The van der Waals surface area contributed by atoms with Crippen molar-refractivity contribution >= 4 is 5.82 Å². The number of H-pyrrole nitrogens is 2. The number of nitrogens with one attached hydrogen (secondary N) is 3. The summed E-state index contributed by atoms with van der Waals surface area (Å²) in [6.07, 6.45) is 4.07. The van der Waals surface area contributed by atoms with Crippen LogP contribution in [0, 0.1) is 0 Å². The molecule has 7 nitrogen and oxygen atoms in total. The van der Waals surface area contributed by atoms with Crippen LogP contribution in [0.5, 0.6) is 0 Å².